The fourth-order valence-electron chi connectivity index (χ4n) is 3.68. The smallest absolute Gasteiger partial charge is 0.204 e. The van der Waals surface area contributed by atoms with Crippen LogP contribution in [-0.4, -0.2) is 30.6 Å². The summed E-state index contributed by atoms with van der Waals surface area (Å²) in [7, 11) is 0. The highest BCUT2D eigenvalue weighted by Gasteiger charge is 2.15. The molecular weight excluding hydrogens is 384 g/mol. The zero-order chi connectivity index (χ0) is 21.2. The van der Waals surface area contributed by atoms with Crippen LogP contribution in [0.25, 0.3) is 44.9 Å². The van der Waals surface area contributed by atoms with Crippen molar-refractivity contribution in [3.63, 3.8) is 0 Å². The SMILES string of the molecule is CCc1ccc(-c2nc3ccc(-c4nn[nH]n4)cc3nc2-c2ccc(CC)cc2)cc1. The standard InChI is InChI=1S/C25H22N6/c1-3-16-5-9-18(10-6-16)23-24(19-11-7-17(4-2)8-12-19)27-22-15-20(13-14-21(22)26-23)25-28-30-31-29-25/h5-15H,3-4H2,1-2H3,(H,28,29,30,31). The average Bonchev–Trinajstić information content (AvgIpc) is 3.38. The van der Waals surface area contributed by atoms with Crippen LogP contribution < -0.4 is 0 Å². The minimum atomic E-state index is 0.539. The Morgan fingerprint density at radius 1 is 0.645 bits per heavy atom. The number of rotatable bonds is 5. The minimum absolute atomic E-state index is 0.539. The van der Waals surface area contributed by atoms with Crippen LogP contribution in [0.5, 0.6) is 0 Å². The van der Waals surface area contributed by atoms with Gasteiger partial charge in [-0.05, 0) is 47.4 Å². The van der Waals surface area contributed by atoms with Crippen LogP contribution in [0.4, 0.5) is 0 Å². The van der Waals surface area contributed by atoms with E-state index in [0.717, 1.165) is 52.0 Å². The Bertz CT molecular complexity index is 1320. The molecule has 3 aromatic carbocycles. The lowest BCUT2D eigenvalue weighted by atomic mass is 10.0. The molecule has 31 heavy (non-hydrogen) atoms. The van der Waals surface area contributed by atoms with E-state index in [0.29, 0.717) is 5.82 Å². The second-order valence-electron chi connectivity index (χ2n) is 7.46. The van der Waals surface area contributed by atoms with E-state index in [1.54, 1.807) is 0 Å². The van der Waals surface area contributed by atoms with E-state index in [2.05, 4.69) is 83.0 Å². The predicted molar refractivity (Wildman–Crippen MR) is 122 cm³/mol. The van der Waals surface area contributed by atoms with Gasteiger partial charge in [0.15, 0.2) is 0 Å². The van der Waals surface area contributed by atoms with Gasteiger partial charge in [-0.25, -0.2) is 9.97 Å². The van der Waals surface area contributed by atoms with Gasteiger partial charge in [-0.2, -0.15) is 5.21 Å². The van der Waals surface area contributed by atoms with Crippen molar-refractivity contribution in [3.8, 4) is 33.9 Å². The molecule has 0 atom stereocenters. The van der Waals surface area contributed by atoms with Gasteiger partial charge >= 0.3 is 0 Å². The summed E-state index contributed by atoms with van der Waals surface area (Å²) in [5.74, 6) is 0.539. The summed E-state index contributed by atoms with van der Waals surface area (Å²) in [5, 5.41) is 14.3. The van der Waals surface area contributed by atoms with Crippen molar-refractivity contribution in [2.75, 3.05) is 0 Å². The van der Waals surface area contributed by atoms with Crippen molar-refractivity contribution in [1.29, 1.82) is 0 Å². The lowest BCUT2D eigenvalue weighted by molar-refractivity contribution is 0.881. The van der Waals surface area contributed by atoms with Gasteiger partial charge in [-0.3, -0.25) is 0 Å². The molecule has 0 saturated carbocycles. The summed E-state index contributed by atoms with van der Waals surface area (Å²) >= 11 is 0. The van der Waals surface area contributed by atoms with Gasteiger partial charge in [-0.15, -0.1) is 10.2 Å². The molecule has 0 unspecified atom stereocenters. The van der Waals surface area contributed by atoms with E-state index < -0.39 is 0 Å². The molecule has 0 radical (unpaired) electrons. The first-order valence-corrected chi connectivity index (χ1v) is 10.5. The Labute approximate surface area is 180 Å². The molecule has 0 spiro atoms. The van der Waals surface area contributed by atoms with Crippen molar-refractivity contribution in [2.45, 2.75) is 26.7 Å². The molecule has 6 heteroatoms. The summed E-state index contributed by atoms with van der Waals surface area (Å²) < 4.78 is 0. The molecule has 0 fully saturated rings. The first-order chi connectivity index (χ1) is 15.2. The Kier molecular flexibility index (Phi) is 4.96. The van der Waals surface area contributed by atoms with Crippen molar-refractivity contribution in [2.24, 2.45) is 0 Å². The van der Waals surface area contributed by atoms with Crippen LogP contribution in [0, 0.1) is 0 Å². The highest BCUT2D eigenvalue weighted by Crippen LogP contribution is 2.32. The molecule has 5 aromatic rings. The summed E-state index contributed by atoms with van der Waals surface area (Å²) in [6.45, 7) is 4.32. The number of tetrazole rings is 1. The van der Waals surface area contributed by atoms with Crippen molar-refractivity contribution >= 4 is 11.0 Å². The summed E-state index contributed by atoms with van der Waals surface area (Å²) in [4.78, 5) is 10.1. The molecule has 2 heterocycles. The molecule has 0 saturated heterocycles. The largest absolute Gasteiger partial charge is 0.244 e. The molecule has 6 nitrogen and oxygen atoms in total. The number of nitrogens with one attached hydrogen (secondary N) is 1. The molecule has 0 aliphatic carbocycles. The molecule has 0 aliphatic rings. The Balaban J connectivity index is 1.71. The third-order valence-electron chi connectivity index (χ3n) is 5.54. The Hall–Kier alpha value is -3.93. The fourth-order valence-corrected chi connectivity index (χ4v) is 3.68. The number of H-pyrrole nitrogens is 1. The fraction of sp³-hybridized carbons (Fsp3) is 0.160. The van der Waals surface area contributed by atoms with Crippen LogP contribution in [-0.2, 0) is 12.8 Å². The molecule has 0 aliphatic heterocycles. The normalized spacial score (nSPS) is 11.2. The van der Waals surface area contributed by atoms with Gasteiger partial charge in [0, 0.05) is 16.7 Å². The molecule has 152 valence electrons. The van der Waals surface area contributed by atoms with E-state index in [4.69, 9.17) is 9.97 Å². The summed E-state index contributed by atoms with van der Waals surface area (Å²) in [6, 6.07) is 23.0. The Morgan fingerprint density at radius 2 is 1.19 bits per heavy atom. The third-order valence-corrected chi connectivity index (χ3v) is 5.54. The van der Waals surface area contributed by atoms with E-state index in [1.807, 2.05) is 18.2 Å². The van der Waals surface area contributed by atoms with Gasteiger partial charge in [0.25, 0.3) is 0 Å². The average molecular weight is 406 g/mol. The number of aromatic nitrogens is 6. The van der Waals surface area contributed by atoms with Crippen molar-refractivity contribution in [1.82, 2.24) is 30.6 Å². The molecule has 1 N–H and O–H groups in total. The monoisotopic (exact) mass is 406 g/mol. The molecule has 2 aromatic heterocycles. The predicted octanol–water partition coefficient (Wildman–Crippen LogP) is 5.27. The maximum Gasteiger partial charge on any atom is 0.204 e. The highest BCUT2D eigenvalue weighted by molar-refractivity contribution is 5.88. The van der Waals surface area contributed by atoms with Crippen LogP contribution in [0.3, 0.4) is 0 Å². The van der Waals surface area contributed by atoms with E-state index in [9.17, 15) is 0 Å². The van der Waals surface area contributed by atoms with Crippen LogP contribution in [0.2, 0.25) is 0 Å². The molecule has 0 amide bonds. The first kappa shape index (κ1) is 19.1. The lowest BCUT2D eigenvalue weighted by Gasteiger charge is -2.12. The zero-order valence-electron chi connectivity index (χ0n) is 17.5. The Morgan fingerprint density at radius 3 is 1.71 bits per heavy atom. The summed E-state index contributed by atoms with van der Waals surface area (Å²) in [5.41, 5.74) is 8.93. The number of nitrogens with zero attached hydrogens (tertiary/aromatic N) is 5. The number of fused-ring (bicyclic) bond motifs is 1. The zero-order valence-corrected chi connectivity index (χ0v) is 17.5. The second-order valence-corrected chi connectivity index (χ2v) is 7.46. The van der Waals surface area contributed by atoms with Gasteiger partial charge in [0.2, 0.25) is 5.82 Å². The third kappa shape index (κ3) is 3.68. The first-order valence-electron chi connectivity index (χ1n) is 10.5. The van der Waals surface area contributed by atoms with Crippen molar-refractivity contribution < 1.29 is 0 Å². The minimum Gasteiger partial charge on any atom is -0.244 e. The van der Waals surface area contributed by atoms with Gasteiger partial charge in [0.1, 0.15) is 0 Å². The number of aryl methyl sites for hydroxylation is 2. The highest BCUT2D eigenvalue weighted by atomic mass is 15.5. The maximum absolute atomic E-state index is 5.04. The van der Waals surface area contributed by atoms with Crippen LogP contribution in [0.1, 0.15) is 25.0 Å². The quantitative estimate of drug-likeness (QED) is 0.430. The number of aromatic amines is 1. The topological polar surface area (TPSA) is 80.2 Å². The molecule has 0 bridgehead atoms. The number of hydrogen-bond acceptors (Lipinski definition) is 5. The second kappa shape index (κ2) is 8.07. The molecular formula is C25H22N6. The van der Waals surface area contributed by atoms with E-state index in [-0.39, 0.29) is 0 Å². The van der Waals surface area contributed by atoms with Crippen LogP contribution >= 0.6 is 0 Å². The van der Waals surface area contributed by atoms with Crippen molar-refractivity contribution in [3.05, 3.63) is 77.9 Å². The summed E-state index contributed by atoms with van der Waals surface area (Å²) in [6.07, 6.45) is 2.01. The van der Waals surface area contributed by atoms with E-state index >= 15 is 0 Å². The van der Waals surface area contributed by atoms with Gasteiger partial charge in [0.05, 0.1) is 22.4 Å². The molecule has 5 rings (SSSR count). The lowest BCUT2D eigenvalue weighted by Crippen LogP contribution is -1.97. The van der Waals surface area contributed by atoms with Gasteiger partial charge < -0.3 is 0 Å². The van der Waals surface area contributed by atoms with E-state index in [1.165, 1.54) is 11.1 Å². The number of hydrogen-bond donors (Lipinski definition) is 1. The maximum atomic E-state index is 5.04. The van der Waals surface area contributed by atoms with Gasteiger partial charge in [-0.1, -0.05) is 62.4 Å². The number of benzene rings is 3. The van der Waals surface area contributed by atoms with Crippen LogP contribution in [0.15, 0.2) is 66.7 Å².